The Morgan fingerprint density at radius 2 is 2.04 bits per heavy atom. The number of hydrogen-bond donors (Lipinski definition) is 1. The Morgan fingerprint density at radius 1 is 1.27 bits per heavy atom. The molecule has 2 aromatic heterocycles. The van der Waals surface area contributed by atoms with E-state index in [1.165, 1.54) is 4.90 Å². The number of carboxylic acid groups (broad SMARTS) is 1. The minimum absolute atomic E-state index is 0.0256. The van der Waals surface area contributed by atoms with E-state index in [1.54, 1.807) is 17.8 Å². The predicted octanol–water partition coefficient (Wildman–Crippen LogP) is 1.81. The summed E-state index contributed by atoms with van der Waals surface area (Å²) in [6, 6.07) is 9.48. The molecule has 8 heteroatoms. The molecule has 1 N–H and O–H groups in total. The van der Waals surface area contributed by atoms with Crippen LogP contribution in [0.15, 0.2) is 36.5 Å². The number of amides is 1. The number of rotatable bonds is 5. The third-order valence-corrected chi connectivity index (χ3v) is 4.49. The van der Waals surface area contributed by atoms with Crippen molar-refractivity contribution in [1.29, 1.82) is 0 Å². The van der Waals surface area contributed by atoms with Crippen molar-refractivity contribution in [3.8, 4) is 5.69 Å². The number of carboxylic acids is 1. The third-order valence-electron chi connectivity index (χ3n) is 4.49. The number of aliphatic carboxylic acids is 1. The molecule has 0 saturated heterocycles. The Balaban J connectivity index is 1.74. The summed E-state index contributed by atoms with van der Waals surface area (Å²) in [5.41, 5.74) is 2.21. The van der Waals surface area contributed by atoms with Crippen molar-refractivity contribution in [2.45, 2.75) is 25.8 Å². The summed E-state index contributed by atoms with van der Waals surface area (Å²) in [5.74, 6) is -1.43. The second-order valence-electron chi connectivity index (χ2n) is 6.35. The fourth-order valence-corrected chi connectivity index (χ4v) is 3.05. The fourth-order valence-electron chi connectivity index (χ4n) is 3.05. The van der Waals surface area contributed by atoms with Crippen LogP contribution in [0.3, 0.4) is 0 Å². The Hall–Kier alpha value is -3.29. The number of fused-ring (bicyclic) bond motifs is 1. The first-order valence-corrected chi connectivity index (χ1v) is 8.35. The molecule has 0 aliphatic heterocycles. The molecule has 2 heterocycles. The van der Waals surface area contributed by atoms with Crippen LogP contribution in [0.25, 0.3) is 16.6 Å². The molecular formula is C18H17N5O3. The molecule has 0 atom stereocenters. The summed E-state index contributed by atoms with van der Waals surface area (Å²) >= 11 is 0. The lowest BCUT2D eigenvalue weighted by atomic mass is 10.2. The largest absolute Gasteiger partial charge is 0.480 e. The van der Waals surface area contributed by atoms with E-state index in [4.69, 9.17) is 5.11 Å². The third kappa shape index (κ3) is 2.79. The van der Waals surface area contributed by atoms with Gasteiger partial charge in [0.2, 0.25) is 0 Å². The first kappa shape index (κ1) is 16.2. The maximum atomic E-state index is 12.8. The summed E-state index contributed by atoms with van der Waals surface area (Å²) in [4.78, 5) is 29.7. The SMILES string of the molecule is Cc1c(C(=O)N(CC(=O)O)C2CC2)nnn1-c1cccc2cccnc12. The highest BCUT2D eigenvalue weighted by molar-refractivity contribution is 5.96. The van der Waals surface area contributed by atoms with E-state index in [0.717, 1.165) is 29.4 Å². The highest BCUT2D eigenvalue weighted by atomic mass is 16.4. The van der Waals surface area contributed by atoms with Gasteiger partial charge in [-0.2, -0.15) is 0 Å². The summed E-state index contributed by atoms with van der Waals surface area (Å²) in [7, 11) is 0. The Kier molecular flexibility index (Phi) is 3.87. The van der Waals surface area contributed by atoms with Gasteiger partial charge in [-0.1, -0.05) is 23.4 Å². The molecule has 0 bridgehead atoms. The molecule has 1 aromatic carbocycles. The fraction of sp³-hybridized carbons (Fsp3) is 0.278. The molecule has 4 rings (SSSR count). The monoisotopic (exact) mass is 351 g/mol. The molecule has 1 amide bonds. The number of carbonyl (C=O) groups excluding carboxylic acids is 1. The van der Waals surface area contributed by atoms with Gasteiger partial charge in [0.1, 0.15) is 6.54 Å². The molecule has 1 aliphatic carbocycles. The van der Waals surface area contributed by atoms with Crippen molar-refractivity contribution in [3.05, 3.63) is 47.9 Å². The number of nitrogens with zero attached hydrogens (tertiary/aromatic N) is 5. The topological polar surface area (TPSA) is 101 Å². The molecule has 26 heavy (non-hydrogen) atoms. The second kappa shape index (κ2) is 6.21. The zero-order valence-corrected chi connectivity index (χ0v) is 14.2. The number of pyridine rings is 1. The van der Waals surface area contributed by atoms with Crippen molar-refractivity contribution in [1.82, 2.24) is 24.9 Å². The minimum atomic E-state index is -1.03. The van der Waals surface area contributed by atoms with Gasteiger partial charge < -0.3 is 10.0 Å². The first-order valence-electron chi connectivity index (χ1n) is 8.35. The van der Waals surface area contributed by atoms with E-state index in [2.05, 4.69) is 15.3 Å². The molecule has 1 saturated carbocycles. The molecule has 0 radical (unpaired) electrons. The number of benzene rings is 1. The van der Waals surface area contributed by atoms with Crippen LogP contribution in [0.2, 0.25) is 0 Å². The molecular weight excluding hydrogens is 334 g/mol. The standard InChI is InChI=1S/C18H17N5O3/c1-11-16(18(26)22(10-15(24)25)13-7-8-13)20-21-23(11)14-6-2-4-12-5-3-9-19-17(12)14/h2-6,9,13H,7-8,10H2,1H3,(H,24,25). The van der Waals surface area contributed by atoms with Crippen LogP contribution in [0.4, 0.5) is 0 Å². The quantitative estimate of drug-likeness (QED) is 0.752. The number of carbonyl (C=O) groups is 2. The maximum Gasteiger partial charge on any atom is 0.323 e. The van der Waals surface area contributed by atoms with Crippen molar-refractivity contribution in [2.24, 2.45) is 0 Å². The summed E-state index contributed by atoms with van der Waals surface area (Å²) in [6.07, 6.45) is 3.34. The Labute approximate surface area is 149 Å². The number of hydrogen-bond acceptors (Lipinski definition) is 5. The van der Waals surface area contributed by atoms with Crippen LogP contribution in [-0.4, -0.2) is 54.4 Å². The predicted molar refractivity (Wildman–Crippen MR) is 93.1 cm³/mol. The lowest BCUT2D eigenvalue weighted by molar-refractivity contribution is -0.137. The maximum absolute atomic E-state index is 12.8. The van der Waals surface area contributed by atoms with Crippen LogP contribution < -0.4 is 0 Å². The molecule has 8 nitrogen and oxygen atoms in total. The molecule has 1 aliphatic rings. The van der Waals surface area contributed by atoms with E-state index in [0.29, 0.717) is 5.69 Å². The van der Waals surface area contributed by atoms with Crippen LogP contribution in [0.5, 0.6) is 0 Å². The summed E-state index contributed by atoms with van der Waals surface area (Å²) < 4.78 is 1.58. The van der Waals surface area contributed by atoms with E-state index in [9.17, 15) is 9.59 Å². The molecule has 3 aromatic rings. The van der Waals surface area contributed by atoms with Gasteiger partial charge in [-0.15, -0.1) is 5.10 Å². The number of para-hydroxylation sites is 1. The summed E-state index contributed by atoms with van der Waals surface area (Å²) in [6.45, 7) is 1.42. The van der Waals surface area contributed by atoms with Crippen LogP contribution >= 0.6 is 0 Å². The highest BCUT2D eigenvalue weighted by Crippen LogP contribution is 2.29. The lowest BCUT2D eigenvalue weighted by Gasteiger charge is -2.19. The van der Waals surface area contributed by atoms with E-state index in [1.807, 2.05) is 30.3 Å². The smallest absolute Gasteiger partial charge is 0.323 e. The molecule has 0 unspecified atom stereocenters. The highest BCUT2D eigenvalue weighted by Gasteiger charge is 2.36. The minimum Gasteiger partial charge on any atom is -0.480 e. The van der Waals surface area contributed by atoms with Crippen molar-refractivity contribution < 1.29 is 14.7 Å². The van der Waals surface area contributed by atoms with Crippen molar-refractivity contribution in [3.63, 3.8) is 0 Å². The van der Waals surface area contributed by atoms with Gasteiger partial charge in [0.15, 0.2) is 5.69 Å². The van der Waals surface area contributed by atoms with E-state index in [-0.39, 0.29) is 18.3 Å². The van der Waals surface area contributed by atoms with Gasteiger partial charge in [0.25, 0.3) is 5.91 Å². The Morgan fingerprint density at radius 3 is 2.77 bits per heavy atom. The van der Waals surface area contributed by atoms with Crippen LogP contribution in [0.1, 0.15) is 29.0 Å². The van der Waals surface area contributed by atoms with Crippen LogP contribution in [0, 0.1) is 6.92 Å². The van der Waals surface area contributed by atoms with Gasteiger partial charge in [-0.3, -0.25) is 14.6 Å². The van der Waals surface area contributed by atoms with Gasteiger partial charge in [0, 0.05) is 17.6 Å². The summed E-state index contributed by atoms with van der Waals surface area (Å²) in [5, 5.41) is 18.2. The normalized spacial score (nSPS) is 13.7. The zero-order chi connectivity index (χ0) is 18.3. The second-order valence-corrected chi connectivity index (χ2v) is 6.35. The molecule has 0 spiro atoms. The van der Waals surface area contributed by atoms with Crippen LogP contribution in [-0.2, 0) is 4.79 Å². The average molecular weight is 351 g/mol. The first-order chi connectivity index (χ1) is 12.6. The Bertz CT molecular complexity index is 1000. The van der Waals surface area contributed by atoms with E-state index >= 15 is 0 Å². The van der Waals surface area contributed by atoms with E-state index < -0.39 is 11.9 Å². The van der Waals surface area contributed by atoms with Gasteiger partial charge in [0.05, 0.1) is 16.9 Å². The number of aromatic nitrogens is 4. The molecule has 1 fully saturated rings. The van der Waals surface area contributed by atoms with Crippen molar-refractivity contribution >= 4 is 22.8 Å². The van der Waals surface area contributed by atoms with Crippen molar-refractivity contribution in [2.75, 3.05) is 6.54 Å². The zero-order valence-electron chi connectivity index (χ0n) is 14.2. The van der Waals surface area contributed by atoms with Gasteiger partial charge in [-0.25, -0.2) is 4.68 Å². The average Bonchev–Trinajstić information content (AvgIpc) is 3.41. The van der Waals surface area contributed by atoms with Gasteiger partial charge >= 0.3 is 5.97 Å². The van der Waals surface area contributed by atoms with Gasteiger partial charge in [-0.05, 0) is 31.9 Å². The lowest BCUT2D eigenvalue weighted by Crippen LogP contribution is -2.38. The molecule has 132 valence electrons.